The van der Waals surface area contributed by atoms with Gasteiger partial charge in [-0.25, -0.2) is 4.39 Å². The maximum Gasteiger partial charge on any atom is 0.290 e. The lowest BCUT2D eigenvalue weighted by atomic mass is 10.1. The first-order chi connectivity index (χ1) is 8.99. The highest BCUT2D eigenvalue weighted by Crippen LogP contribution is 2.28. The van der Waals surface area contributed by atoms with Gasteiger partial charge in [0.15, 0.2) is 0 Å². The van der Waals surface area contributed by atoms with Crippen molar-refractivity contribution in [3.63, 3.8) is 0 Å². The summed E-state index contributed by atoms with van der Waals surface area (Å²) in [6, 6.07) is 11.6. The number of anilines is 1. The molecule has 2 aromatic carbocycles. The first kappa shape index (κ1) is 13.5. The smallest absolute Gasteiger partial charge is 0.290 e. The maximum absolute atomic E-state index is 13.9. The van der Waals surface area contributed by atoms with Crippen LogP contribution in [-0.4, -0.2) is 6.54 Å². The molecule has 0 amide bonds. The Balaban J connectivity index is 2.09. The Morgan fingerprint density at radius 3 is 2.37 bits per heavy atom. The van der Waals surface area contributed by atoms with Crippen LogP contribution in [0.2, 0.25) is 0 Å². The third-order valence-electron chi connectivity index (χ3n) is 2.89. The third-order valence-corrected chi connectivity index (χ3v) is 2.89. The van der Waals surface area contributed by atoms with E-state index in [1.807, 2.05) is 0 Å². The Hall–Kier alpha value is -1.97. The molecule has 4 heteroatoms. The molecule has 0 unspecified atom stereocenters. The second-order valence-electron chi connectivity index (χ2n) is 4.38. The van der Waals surface area contributed by atoms with Crippen molar-refractivity contribution in [2.75, 3.05) is 11.9 Å². The van der Waals surface area contributed by atoms with Gasteiger partial charge >= 0.3 is 0 Å². The number of nitrogens with one attached hydrogen (secondary N) is 1. The molecule has 0 radical (unpaired) electrons. The number of hydrogen-bond donors (Lipinski definition) is 1. The normalized spacial score (nSPS) is 11.4. The van der Waals surface area contributed by atoms with E-state index < -0.39 is 12.5 Å². The molecule has 0 saturated heterocycles. The molecule has 0 fully saturated rings. The van der Waals surface area contributed by atoms with Gasteiger partial charge in [0.25, 0.3) is 5.92 Å². The summed E-state index contributed by atoms with van der Waals surface area (Å²) in [7, 11) is 0. The summed E-state index contributed by atoms with van der Waals surface area (Å²) in [4.78, 5) is 0. The van der Waals surface area contributed by atoms with Crippen LogP contribution < -0.4 is 5.32 Å². The van der Waals surface area contributed by atoms with E-state index in [-0.39, 0.29) is 11.4 Å². The van der Waals surface area contributed by atoms with E-state index in [0.29, 0.717) is 11.3 Å². The summed E-state index contributed by atoms with van der Waals surface area (Å²) in [6.45, 7) is 1.15. The highest BCUT2D eigenvalue weighted by Gasteiger charge is 2.30. The molecule has 0 spiro atoms. The molecular formula is C15H14F3N. The van der Waals surface area contributed by atoms with Gasteiger partial charge < -0.3 is 5.32 Å². The van der Waals surface area contributed by atoms with Gasteiger partial charge in [0, 0.05) is 11.3 Å². The zero-order valence-corrected chi connectivity index (χ0v) is 10.5. The predicted molar refractivity (Wildman–Crippen MR) is 70.0 cm³/mol. The highest BCUT2D eigenvalue weighted by molar-refractivity contribution is 5.50. The number of rotatable bonds is 4. The number of alkyl halides is 2. The molecule has 0 saturated carbocycles. The minimum absolute atomic E-state index is 0.0396. The number of halogens is 3. The minimum Gasteiger partial charge on any atom is -0.378 e. The second kappa shape index (κ2) is 5.34. The summed E-state index contributed by atoms with van der Waals surface area (Å²) < 4.78 is 40.7. The van der Waals surface area contributed by atoms with E-state index in [9.17, 15) is 13.2 Å². The van der Waals surface area contributed by atoms with Crippen LogP contribution in [-0.2, 0) is 5.92 Å². The summed E-state index contributed by atoms with van der Waals surface area (Å²) >= 11 is 0. The van der Waals surface area contributed by atoms with Crippen molar-refractivity contribution in [2.24, 2.45) is 0 Å². The van der Waals surface area contributed by atoms with Crippen molar-refractivity contribution in [3.8, 4) is 0 Å². The lowest BCUT2D eigenvalue weighted by Gasteiger charge is -2.19. The number of hydrogen-bond acceptors (Lipinski definition) is 1. The first-order valence-corrected chi connectivity index (χ1v) is 5.92. The molecule has 0 atom stereocenters. The molecule has 0 aliphatic heterocycles. The van der Waals surface area contributed by atoms with Crippen molar-refractivity contribution in [3.05, 3.63) is 65.5 Å². The van der Waals surface area contributed by atoms with E-state index in [0.717, 1.165) is 0 Å². The Morgan fingerprint density at radius 1 is 1.05 bits per heavy atom. The van der Waals surface area contributed by atoms with Gasteiger partial charge in [0.1, 0.15) is 5.82 Å². The Kier molecular flexibility index (Phi) is 3.79. The van der Waals surface area contributed by atoms with Gasteiger partial charge in [-0.2, -0.15) is 8.78 Å². The molecular weight excluding hydrogens is 251 g/mol. The average Bonchev–Trinajstić information content (AvgIpc) is 2.39. The van der Waals surface area contributed by atoms with Gasteiger partial charge in [-0.1, -0.05) is 30.3 Å². The van der Waals surface area contributed by atoms with Crippen molar-refractivity contribution >= 4 is 5.69 Å². The molecule has 0 aliphatic carbocycles. The number of benzene rings is 2. The van der Waals surface area contributed by atoms with E-state index in [1.54, 1.807) is 25.1 Å². The first-order valence-electron chi connectivity index (χ1n) is 5.92. The van der Waals surface area contributed by atoms with Crippen molar-refractivity contribution in [1.82, 2.24) is 0 Å². The topological polar surface area (TPSA) is 12.0 Å². The fraction of sp³-hybridized carbons (Fsp3) is 0.200. The number of aryl methyl sites for hydroxylation is 1. The van der Waals surface area contributed by atoms with Crippen molar-refractivity contribution < 1.29 is 13.2 Å². The molecule has 1 N–H and O–H groups in total. The standard InChI is InChI=1S/C15H14F3N/c1-11-9-13(16)7-8-14(11)19-10-15(17,18)12-5-3-2-4-6-12/h2-9,19H,10H2,1H3. The van der Waals surface area contributed by atoms with Crippen molar-refractivity contribution in [1.29, 1.82) is 0 Å². The predicted octanol–water partition coefficient (Wildman–Crippen LogP) is 4.34. The second-order valence-corrected chi connectivity index (χ2v) is 4.38. The third kappa shape index (κ3) is 3.28. The zero-order chi connectivity index (χ0) is 13.9. The fourth-order valence-corrected chi connectivity index (χ4v) is 1.82. The molecule has 0 aliphatic rings. The van der Waals surface area contributed by atoms with Gasteiger partial charge in [0.2, 0.25) is 0 Å². The average molecular weight is 265 g/mol. The Bertz CT molecular complexity index is 553. The Morgan fingerprint density at radius 2 is 1.74 bits per heavy atom. The van der Waals surface area contributed by atoms with Crippen LogP contribution in [0.25, 0.3) is 0 Å². The fourth-order valence-electron chi connectivity index (χ4n) is 1.82. The maximum atomic E-state index is 13.9. The van der Waals surface area contributed by atoms with E-state index in [1.165, 1.54) is 30.3 Å². The molecule has 0 heterocycles. The quantitative estimate of drug-likeness (QED) is 0.867. The van der Waals surface area contributed by atoms with Crippen LogP contribution in [0.3, 0.4) is 0 Å². The van der Waals surface area contributed by atoms with E-state index >= 15 is 0 Å². The largest absolute Gasteiger partial charge is 0.378 e. The molecule has 19 heavy (non-hydrogen) atoms. The van der Waals surface area contributed by atoms with Gasteiger partial charge in [-0.05, 0) is 30.7 Å². The van der Waals surface area contributed by atoms with Crippen molar-refractivity contribution in [2.45, 2.75) is 12.8 Å². The lowest BCUT2D eigenvalue weighted by molar-refractivity contribution is 0.0106. The summed E-state index contributed by atoms with van der Waals surface area (Å²) in [6.07, 6.45) is 0. The summed E-state index contributed by atoms with van der Waals surface area (Å²) in [5.74, 6) is -3.35. The molecule has 100 valence electrons. The van der Waals surface area contributed by atoms with E-state index in [4.69, 9.17) is 0 Å². The highest BCUT2D eigenvalue weighted by atomic mass is 19.3. The van der Waals surface area contributed by atoms with Crippen LogP contribution in [0, 0.1) is 12.7 Å². The lowest BCUT2D eigenvalue weighted by Crippen LogP contribution is -2.24. The molecule has 2 aromatic rings. The van der Waals surface area contributed by atoms with Crippen LogP contribution in [0.15, 0.2) is 48.5 Å². The van der Waals surface area contributed by atoms with Gasteiger partial charge in [-0.3, -0.25) is 0 Å². The zero-order valence-electron chi connectivity index (χ0n) is 10.5. The molecule has 2 rings (SSSR count). The summed E-state index contributed by atoms with van der Waals surface area (Å²) in [5, 5.41) is 2.66. The van der Waals surface area contributed by atoms with Crippen LogP contribution in [0.5, 0.6) is 0 Å². The van der Waals surface area contributed by atoms with E-state index in [2.05, 4.69) is 5.32 Å². The molecule has 0 bridgehead atoms. The minimum atomic E-state index is -2.97. The van der Waals surface area contributed by atoms with Crippen LogP contribution >= 0.6 is 0 Å². The SMILES string of the molecule is Cc1cc(F)ccc1NCC(F)(F)c1ccccc1. The van der Waals surface area contributed by atoms with Gasteiger partial charge in [-0.15, -0.1) is 0 Å². The molecule has 1 nitrogen and oxygen atoms in total. The Labute approximate surface area is 110 Å². The van der Waals surface area contributed by atoms with Crippen LogP contribution in [0.4, 0.5) is 18.9 Å². The summed E-state index contributed by atoms with van der Waals surface area (Å²) in [5.41, 5.74) is 1.07. The van der Waals surface area contributed by atoms with Gasteiger partial charge in [0.05, 0.1) is 6.54 Å². The van der Waals surface area contributed by atoms with Crippen LogP contribution in [0.1, 0.15) is 11.1 Å². The molecule has 0 aromatic heterocycles. The monoisotopic (exact) mass is 265 g/mol.